The number of nitrogens with one attached hydrogen (secondary N) is 1. The van der Waals surface area contributed by atoms with Crippen molar-refractivity contribution in [3.63, 3.8) is 0 Å². The Morgan fingerprint density at radius 3 is 2.46 bits per heavy atom. The molecule has 3 heteroatoms. The van der Waals surface area contributed by atoms with Gasteiger partial charge < -0.3 is 15.8 Å². The monoisotopic (exact) mass is 188 g/mol. The Bertz CT molecular complexity index is 128. The van der Waals surface area contributed by atoms with Gasteiger partial charge in [0.1, 0.15) is 0 Å². The minimum absolute atomic E-state index is 0.0692. The Kier molecular flexibility index (Phi) is 6.29. The fraction of sp³-hybridized carbons (Fsp3) is 1.00. The van der Waals surface area contributed by atoms with Gasteiger partial charge in [-0.25, -0.2) is 0 Å². The molecule has 3 N–H and O–H groups in total. The highest BCUT2D eigenvalue weighted by Crippen LogP contribution is 2.03. The van der Waals surface area contributed by atoms with E-state index in [1.807, 2.05) is 6.92 Å². The van der Waals surface area contributed by atoms with Crippen LogP contribution in [0.1, 0.15) is 27.7 Å². The molecule has 0 aliphatic heterocycles. The molecule has 0 fully saturated rings. The molecule has 0 spiro atoms. The quantitative estimate of drug-likeness (QED) is 0.626. The first-order valence-electron chi connectivity index (χ1n) is 5.07. The van der Waals surface area contributed by atoms with Gasteiger partial charge in [0.05, 0.1) is 12.1 Å². The SMILES string of the molecule is CCOCC(C)(CN)NCC(C)C. The number of rotatable bonds is 7. The maximum atomic E-state index is 5.69. The molecule has 3 nitrogen and oxygen atoms in total. The summed E-state index contributed by atoms with van der Waals surface area (Å²) in [4.78, 5) is 0. The minimum Gasteiger partial charge on any atom is -0.380 e. The summed E-state index contributed by atoms with van der Waals surface area (Å²) in [6, 6.07) is 0. The van der Waals surface area contributed by atoms with Gasteiger partial charge in [0.15, 0.2) is 0 Å². The van der Waals surface area contributed by atoms with Crippen molar-refractivity contribution < 1.29 is 4.74 Å². The Morgan fingerprint density at radius 2 is 2.08 bits per heavy atom. The molecular weight excluding hydrogens is 164 g/mol. The summed E-state index contributed by atoms with van der Waals surface area (Å²) >= 11 is 0. The average molecular weight is 188 g/mol. The van der Waals surface area contributed by atoms with Crippen molar-refractivity contribution in [3.05, 3.63) is 0 Å². The molecule has 0 rings (SSSR count). The van der Waals surface area contributed by atoms with Gasteiger partial charge in [-0.3, -0.25) is 0 Å². The highest BCUT2D eigenvalue weighted by atomic mass is 16.5. The zero-order valence-corrected chi connectivity index (χ0v) is 9.39. The second-order valence-electron chi connectivity index (χ2n) is 4.18. The second kappa shape index (κ2) is 6.35. The Balaban J connectivity index is 3.81. The summed E-state index contributed by atoms with van der Waals surface area (Å²) in [5, 5.41) is 3.43. The summed E-state index contributed by atoms with van der Waals surface area (Å²) in [5.41, 5.74) is 5.62. The van der Waals surface area contributed by atoms with Gasteiger partial charge in [-0.05, 0) is 26.3 Å². The standard InChI is InChI=1S/C10H24N2O/c1-5-13-8-10(4,7-11)12-6-9(2)3/h9,12H,5-8,11H2,1-4H3. The maximum absolute atomic E-state index is 5.69. The lowest BCUT2D eigenvalue weighted by Crippen LogP contribution is -2.53. The van der Waals surface area contributed by atoms with E-state index >= 15 is 0 Å². The molecular formula is C10H24N2O. The zero-order chi connectivity index (χ0) is 10.3. The molecule has 80 valence electrons. The molecule has 0 bridgehead atoms. The zero-order valence-electron chi connectivity index (χ0n) is 9.39. The van der Waals surface area contributed by atoms with E-state index in [1.54, 1.807) is 0 Å². The van der Waals surface area contributed by atoms with Crippen LogP contribution in [0.3, 0.4) is 0 Å². The summed E-state index contributed by atoms with van der Waals surface area (Å²) in [5.74, 6) is 0.646. The second-order valence-corrected chi connectivity index (χ2v) is 4.18. The molecule has 0 aliphatic rings. The summed E-state index contributed by atoms with van der Waals surface area (Å²) in [6.07, 6.45) is 0. The van der Waals surface area contributed by atoms with Crippen LogP contribution in [0.4, 0.5) is 0 Å². The first-order valence-corrected chi connectivity index (χ1v) is 5.07. The van der Waals surface area contributed by atoms with Gasteiger partial charge in [-0.1, -0.05) is 13.8 Å². The van der Waals surface area contributed by atoms with Gasteiger partial charge in [-0.2, -0.15) is 0 Å². The van der Waals surface area contributed by atoms with Crippen LogP contribution >= 0.6 is 0 Å². The van der Waals surface area contributed by atoms with E-state index in [1.165, 1.54) is 0 Å². The van der Waals surface area contributed by atoms with E-state index in [0.717, 1.165) is 13.2 Å². The average Bonchev–Trinajstić information content (AvgIpc) is 2.11. The lowest BCUT2D eigenvalue weighted by atomic mass is 10.0. The van der Waals surface area contributed by atoms with E-state index in [-0.39, 0.29) is 5.54 Å². The van der Waals surface area contributed by atoms with Crippen molar-refractivity contribution in [2.45, 2.75) is 33.2 Å². The highest BCUT2D eigenvalue weighted by molar-refractivity contribution is 4.84. The third kappa shape index (κ3) is 6.02. The molecule has 0 radical (unpaired) electrons. The molecule has 0 aromatic carbocycles. The Labute approximate surface area is 82.0 Å². The molecule has 0 saturated carbocycles. The number of hydrogen-bond donors (Lipinski definition) is 2. The van der Waals surface area contributed by atoms with Gasteiger partial charge in [0, 0.05) is 13.2 Å². The van der Waals surface area contributed by atoms with Crippen molar-refractivity contribution >= 4 is 0 Å². The van der Waals surface area contributed by atoms with Gasteiger partial charge >= 0.3 is 0 Å². The van der Waals surface area contributed by atoms with E-state index < -0.39 is 0 Å². The van der Waals surface area contributed by atoms with Crippen LogP contribution in [0, 0.1) is 5.92 Å². The van der Waals surface area contributed by atoms with Crippen LogP contribution in [-0.2, 0) is 4.74 Å². The molecule has 1 unspecified atom stereocenters. The normalized spacial score (nSPS) is 16.2. The topological polar surface area (TPSA) is 47.3 Å². The molecule has 0 aliphatic carbocycles. The van der Waals surface area contributed by atoms with Crippen molar-refractivity contribution in [2.75, 3.05) is 26.3 Å². The maximum Gasteiger partial charge on any atom is 0.0657 e. The first-order chi connectivity index (χ1) is 6.04. The van der Waals surface area contributed by atoms with E-state index in [4.69, 9.17) is 10.5 Å². The minimum atomic E-state index is -0.0692. The Hall–Kier alpha value is -0.120. The smallest absolute Gasteiger partial charge is 0.0657 e. The third-order valence-corrected chi connectivity index (χ3v) is 2.01. The van der Waals surface area contributed by atoms with Gasteiger partial charge in [-0.15, -0.1) is 0 Å². The predicted octanol–water partition coefficient (Wildman–Crippen LogP) is 0.986. The molecule has 0 saturated heterocycles. The van der Waals surface area contributed by atoms with E-state index in [0.29, 0.717) is 19.1 Å². The third-order valence-electron chi connectivity index (χ3n) is 2.01. The van der Waals surface area contributed by atoms with E-state index in [9.17, 15) is 0 Å². The number of nitrogens with two attached hydrogens (primary N) is 1. The van der Waals surface area contributed by atoms with Crippen LogP contribution in [-0.4, -0.2) is 31.8 Å². The van der Waals surface area contributed by atoms with Crippen LogP contribution in [0.15, 0.2) is 0 Å². The van der Waals surface area contributed by atoms with E-state index in [2.05, 4.69) is 26.1 Å². The lowest BCUT2D eigenvalue weighted by molar-refractivity contribution is 0.0861. The molecule has 0 aromatic rings. The number of hydrogen-bond acceptors (Lipinski definition) is 3. The highest BCUT2D eigenvalue weighted by Gasteiger charge is 2.21. The lowest BCUT2D eigenvalue weighted by Gasteiger charge is -2.30. The van der Waals surface area contributed by atoms with Crippen LogP contribution in [0.5, 0.6) is 0 Å². The predicted molar refractivity (Wildman–Crippen MR) is 56.8 cm³/mol. The van der Waals surface area contributed by atoms with Crippen molar-refractivity contribution in [2.24, 2.45) is 11.7 Å². The first kappa shape index (κ1) is 12.9. The summed E-state index contributed by atoms with van der Waals surface area (Å²) in [6.45, 7) is 11.5. The molecule has 0 amide bonds. The fourth-order valence-electron chi connectivity index (χ4n) is 0.960. The summed E-state index contributed by atoms with van der Waals surface area (Å²) in [7, 11) is 0. The van der Waals surface area contributed by atoms with Crippen LogP contribution in [0.25, 0.3) is 0 Å². The molecule has 0 heterocycles. The van der Waals surface area contributed by atoms with Gasteiger partial charge in [0.25, 0.3) is 0 Å². The summed E-state index contributed by atoms with van der Waals surface area (Å²) < 4.78 is 5.38. The number of ether oxygens (including phenoxy) is 1. The van der Waals surface area contributed by atoms with Crippen molar-refractivity contribution in [1.82, 2.24) is 5.32 Å². The molecule has 1 atom stereocenters. The van der Waals surface area contributed by atoms with Gasteiger partial charge in [0.2, 0.25) is 0 Å². The van der Waals surface area contributed by atoms with Crippen molar-refractivity contribution in [3.8, 4) is 0 Å². The molecule has 0 aromatic heterocycles. The molecule has 13 heavy (non-hydrogen) atoms. The van der Waals surface area contributed by atoms with Crippen LogP contribution in [0.2, 0.25) is 0 Å². The van der Waals surface area contributed by atoms with Crippen molar-refractivity contribution in [1.29, 1.82) is 0 Å². The Morgan fingerprint density at radius 1 is 1.46 bits per heavy atom. The fourth-order valence-corrected chi connectivity index (χ4v) is 0.960. The largest absolute Gasteiger partial charge is 0.380 e. The van der Waals surface area contributed by atoms with Crippen LogP contribution < -0.4 is 11.1 Å².